The van der Waals surface area contributed by atoms with Crippen molar-refractivity contribution < 1.29 is 32.4 Å². The van der Waals surface area contributed by atoms with E-state index in [9.17, 15) is 32.4 Å². The Morgan fingerprint density at radius 3 is 2.34 bits per heavy atom. The first-order valence-electron chi connectivity index (χ1n) is 19.0. The van der Waals surface area contributed by atoms with E-state index in [-0.39, 0.29) is 67.4 Å². The van der Waals surface area contributed by atoms with Crippen molar-refractivity contribution in [1.29, 1.82) is 0 Å². The van der Waals surface area contributed by atoms with Crippen molar-refractivity contribution in [3.8, 4) is 12.3 Å². The summed E-state index contributed by atoms with van der Waals surface area (Å²) in [5.74, 6) is -0.459. The summed E-state index contributed by atoms with van der Waals surface area (Å²) in [7, 11) is -2.03. The average Bonchev–Trinajstić information content (AvgIpc) is 3.85. The van der Waals surface area contributed by atoms with Gasteiger partial charge in [-0.1, -0.05) is 57.5 Å². The molecule has 1 aliphatic heterocycles. The molecule has 1 saturated carbocycles. The maximum atomic E-state index is 14.9. The molecule has 1 aromatic rings. The van der Waals surface area contributed by atoms with Crippen LogP contribution in [0.5, 0.6) is 0 Å². The molecule has 3 aliphatic rings. The van der Waals surface area contributed by atoms with E-state index in [1.165, 1.54) is 11.4 Å². The molecule has 290 valence electrons. The van der Waals surface area contributed by atoms with Crippen molar-refractivity contribution in [1.82, 2.24) is 19.8 Å². The summed E-state index contributed by atoms with van der Waals surface area (Å²) in [6.07, 6.45) is 11.4. The monoisotopic (exact) mass is 750 g/mol. The first kappa shape index (κ1) is 41.9. The molecule has 1 heterocycles. The number of amides is 3. The van der Waals surface area contributed by atoms with Crippen molar-refractivity contribution in [2.75, 3.05) is 25.9 Å². The molecule has 53 heavy (non-hydrogen) atoms. The highest BCUT2D eigenvalue weighted by atomic mass is 32.2. The number of rotatable bonds is 18. The number of hydrogen-bond acceptors (Lipinski definition) is 7. The summed E-state index contributed by atoms with van der Waals surface area (Å²) >= 11 is 0. The van der Waals surface area contributed by atoms with E-state index in [1.54, 1.807) is 17.9 Å². The average molecular weight is 751 g/mol. The predicted molar refractivity (Wildman–Crippen MR) is 205 cm³/mol. The Hall–Kier alpha value is -3.82. The lowest BCUT2D eigenvalue weighted by Crippen LogP contribution is -2.60. The molecule has 0 spiro atoms. The van der Waals surface area contributed by atoms with Gasteiger partial charge in [-0.25, -0.2) is 17.5 Å². The lowest BCUT2D eigenvalue weighted by molar-refractivity contribution is -0.143. The number of carbonyl (C=O) groups is 5. The Morgan fingerprint density at radius 2 is 1.75 bits per heavy atom. The van der Waals surface area contributed by atoms with Crippen LogP contribution in [0.4, 0.5) is 4.79 Å². The van der Waals surface area contributed by atoms with E-state index < -0.39 is 57.1 Å². The molecule has 4 rings (SSSR count). The van der Waals surface area contributed by atoms with Crippen LogP contribution in [0.25, 0.3) is 0 Å². The van der Waals surface area contributed by atoms with Gasteiger partial charge in [-0.3, -0.25) is 19.2 Å². The van der Waals surface area contributed by atoms with Crippen LogP contribution in [0.2, 0.25) is 0 Å². The predicted octanol–water partition coefficient (Wildman–Crippen LogP) is 4.49. The number of nitrogens with zero attached hydrogens (tertiary/aromatic N) is 2. The van der Waals surface area contributed by atoms with Crippen LogP contribution in [-0.4, -0.2) is 90.9 Å². The first-order valence-corrected chi connectivity index (χ1v) is 20.7. The van der Waals surface area contributed by atoms with Crippen molar-refractivity contribution >= 4 is 39.3 Å². The number of hydrogen-bond donors (Lipinski definition) is 2. The van der Waals surface area contributed by atoms with Crippen molar-refractivity contribution in [3.63, 3.8) is 0 Å². The van der Waals surface area contributed by atoms with Gasteiger partial charge in [0.15, 0.2) is 11.6 Å². The maximum absolute atomic E-state index is 14.9. The van der Waals surface area contributed by atoms with E-state index in [4.69, 9.17) is 6.42 Å². The molecule has 12 heteroatoms. The summed E-state index contributed by atoms with van der Waals surface area (Å²) in [5, 5.41) is 5.97. The number of terminal acetylenes is 1. The molecular formula is C41H58N4O7S. The minimum atomic E-state index is -3.52. The number of likely N-dealkylation sites (N-methyl/N-ethyl adjacent to an activating group) is 1. The molecule has 2 fully saturated rings. The second-order valence-electron chi connectivity index (χ2n) is 16.1. The standard InChI is InChI=1S/C41H58N4O7S/c1-8-11-16-29(38(48)33(46)21-12-9-2)24-34(47)37-32-20-15-19-30(32)25-45(37)39(49)36(31-22-27-17-13-14-18-28(27)23-31)43-40(50)42-35(41(4,5)6)26-44(7)53(51,52)10-3/h1,9,13-14,17-18,29-32,35-37H,2,10-12,15-16,19-26H2,3-7H3,(H2,42,43,50)/t29?,30-,32-,35+,36-,37-/m0/s1. The van der Waals surface area contributed by atoms with Gasteiger partial charge in [0.2, 0.25) is 21.7 Å². The SMILES string of the molecule is C#CCCC(CC(=O)[C@@H]1[C@H]2CCC[C@H]2CN1C(=O)[C@@H](NC(=O)N[C@H](CN(C)S(=O)(=O)CC)C(C)(C)C)C1Cc2ccccc2C1)C(=O)C(=O)CCC=C. The highest BCUT2D eigenvalue weighted by molar-refractivity contribution is 7.89. The van der Waals surface area contributed by atoms with Crippen LogP contribution in [0, 0.1) is 41.4 Å². The molecule has 0 radical (unpaired) electrons. The molecule has 1 aromatic carbocycles. The van der Waals surface area contributed by atoms with Gasteiger partial charge in [-0.2, -0.15) is 0 Å². The molecule has 11 nitrogen and oxygen atoms in total. The minimum absolute atomic E-state index is 0.0157. The molecule has 2 aliphatic carbocycles. The molecule has 0 aromatic heterocycles. The number of nitrogens with one attached hydrogen (secondary N) is 2. The van der Waals surface area contributed by atoms with Crippen LogP contribution in [0.3, 0.4) is 0 Å². The van der Waals surface area contributed by atoms with E-state index in [0.717, 1.165) is 30.4 Å². The fraction of sp³-hybridized carbons (Fsp3) is 0.634. The Bertz CT molecular complexity index is 1670. The van der Waals surface area contributed by atoms with Crippen LogP contribution >= 0.6 is 0 Å². The van der Waals surface area contributed by atoms with Crippen molar-refractivity contribution in [2.24, 2.45) is 29.1 Å². The molecule has 6 atom stereocenters. The van der Waals surface area contributed by atoms with Gasteiger partial charge >= 0.3 is 6.03 Å². The molecule has 0 bridgehead atoms. The molecule has 3 amide bonds. The number of fused-ring (bicyclic) bond motifs is 2. The first-order chi connectivity index (χ1) is 25.0. The van der Waals surface area contributed by atoms with Crippen molar-refractivity contribution in [3.05, 3.63) is 48.0 Å². The van der Waals surface area contributed by atoms with Crippen LogP contribution in [-0.2, 0) is 42.0 Å². The zero-order valence-electron chi connectivity index (χ0n) is 32.1. The summed E-state index contributed by atoms with van der Waals surface area (Å²) in [6, 6.07) is 4.99. The number of ketones is 3. The van der Waals surface area contributed by atoms with E-state index in [0.29, 0.717) is 25.8 Å². The molecular weight excluding hydrogens is 693 g/mol. The summed E-state index contributed by atoms with van der Waals surface area (Å²) in [4.78, 5) is 70.8. The minimum Gasteiger partial charge on any atom is -0.334 e. The Kier molecular flexibility index (Phi) is 14.2. The lowest BCUT2D eigenvalue weighted by Gasteiger charge is -2.36. The highest BCUT2D eigenvalue weighted by Crippen LogP contribution is 2.44. The van der Waals surface area contributed by atoms with Crippen molar-refractivity contribution in [2.45, 2.75) is 110 Å². The van der Waals surface area contributed by atoms with Gasteiger partial charge in [0.1, 0.15) is 6.04 Å². The smallest absolute Gasteiger partial charge is 0.315 e. The maximum Gasteiger partial charge on any atom is 0.315 e. The van der Waals surface area contributed by atoms with Crippen LogP contribution in [0.15, 0.2) is 36.9 Å². The summed E-state index contributed by atoms with van der Waals surface area (Å²) in [5.41, 5.74) is 1.67. The molecule has 2 N–H and O–H groups in total. The van der Waals surface area contributed by atoms with Gasteiger partial charge < -0.3 is 15.5 Å². The zero-order chi connectivity index (χ0) is 39.1. The van der Waals surface area contributed by atoms with Gasteiger partial charge in [0, 0.05) is 51.4 Å². The Morgan fingerprint density at radius 1 is 1.09 bits per heavy atom. The van der Waals surface area contributed by atoms with Gasteiger partial charge in [0.25, 0.3) is 0 Å². The second kappa shape index (κ2) is 18.0. The van der Waals surface area contributed by atoms with Crippen LogP contribution < -0.4 is 10.6 Å². The topological polar surface area (TPSA) is 150 Å². The third-order valence-corrected chi connectivity index (χ3v) is 13.4. The van der Waals surface area contributed by atoms with E-state index in [1.807, 2.05) is 45.0 Å². The zero-order valence-corrected chi connectivity index (χ0v) is 32.9. The van der Waals surface area contributed by atoms with Gasteiger partial charge in [0.05, 0.1) is 11.8 Å². The summed E-state index contributed by atoms with van der Waals surface area (Å²) in [6.45, 7) is 11.3. The Labute approximate surface area is 316 Å². The number of benzene rings is 1. The number of likely N-dealkylation sites (tertiary alicyclic amines) is 1. The second-order valence-corrected chi connectivity index (χ2v) is 18.5. The third-order valence-electron chi connectivity index (χ3n) is 11.5. The third kappa shape index (κ3) is 10.2. The highest BCUT2D eigenvalue weighted by Gasteiger charge is 2.52. The lowest BCUT2D eigenvalue weighted by atomic mass is 9.84. The van der Waals surface area contributed by atoms with E-state index >= 15 is 0 Å². The molecule has 1 unspecified atom stereocenters. The van der Waals surface area contributed by atoms with Gasteiger partial charge in [-0.15, -0.1) is 18.9 Å². The fourth-order valence-electron chi connectivity index (χ4n) is 8.33. The number of carbonyl (C=O) groups excluding carboxylic acids is 5. The van der Waals surface area contributed by atoms with Crippen LogP contribution in [0.1, 0.15) is 90.2 Å². The number of allylic oxidation sites excluding steroid dienone is 1. The largest absolute Gasteiger partial charge is 0.334 e. The fourth-order valence-corrected chi connectivity index (χ4v) is 9.15. The Balaban J connectivity index is 1.62. The number of Topliss-reactive ketones (excluding diaryl/α,β-unsaturated/α-hetero) is 3. The van der Waals surface area contributed by atoms with Gasteiger partial charge in [-0.05, 0) is 79.7 Å². The summed E-state index contributed by atoms with van der Waals surface area (Å²) < 4.78 is 26.5. The number of urea groups is 1. The number of sulfonamides is 1. The quantitative estimate of drug-likeness (QED) is 0.128. The normalized spacial score (nSPS) is 21.6. The van der Waals surface area contributed by atoms with E-state index in [2.05, 4.69) is 23.1 Å². The molecule has 1 saturated heterocycles.